The van der Waals surface area contributed by atoms with Crippen LogP contribution in [0.25, 0.3) is 0 Å². The van der Waals surface area contributed by atoms with Crippen LogP contribution in [0.1, 0.15) is 15.9 Å². The SMILES string of the molecule is O=C(c1cccc(OC(F)F)c1)c1c(F)cc(F)cc1F. The first kappa shape index (κ1) is 15.0. The lowest BCUT2D eigenvalue weighted by atomic mass is 10.0. The van der Waals surface area contributed by atoms with Gasteiger partial charge >= 0.3 is 6.61 Å². The molecule has 2 nitrogen and oxygen atoms in total. The zero-order valence-corrected chi connectivity index (χ0v) is 10.2. The van der Waals surface area contributed by atoms with Crippen LogP contribution in [-0.4, -0.2) is 12.4 Å². The number of benzene rings is 2. The number of alkyl halides is 2. The molecule has 0 spiro atoms. The molecule has 0 fully saturated rings. The van der Waals surface area contributed by atoms with Crippen LogP contribution < -0.4 is 4.74 Å². The van der Waals surface area contributed by atoms with E-state index < -0.39 is 35.4 Å². The Morgan fingerprint density at radius 2 is 1.62 bits per heavy atom. The quantitative estimate of drug-likeness (QED) is 0.632. The zero-order valence-electron chi connectivity index (χ0n) is 10.2. The first-order valence-corrected chi connectivity index (χ1v) is 5.62. The van der Waals surface area contributed by atoms with Crippen LogP contribution in [0.4, 0.5) is 22.0 Å². The average Bonchev–Trinajstić information content (AvgIpc) is 2.36. The van der Waals surface area contributed by atoms with E-state index in [1.807, 2.05) is 0 Å². The highest BCUT2D eigenvalue weighted by atomic mass is 19.3. The van der Waals surface area contributed by atoms with E-state index in [0.717, 1.165) is 12.1 Å². The molecule has 0 aliphatic heterocycles. The maximum atomic E-state index is 13.5. The van der Waals surface area contributed by atoms with Crippen molar-refractivity contribution in [1.29, 1.82) is 0 Å². The fraction of sp³-hybridized carbons (Fsp3) is 0.0714. The molecule has 2 aromatic carbocycles. The average molecular weight is 302 g/mol. The van der Waals surface area contributed by atoms with Crippen LogP contribution in [0.2, 0.25) is 0 Å². The van der Waals surface area contributed by atoms with Gasteiger partial charge in [-0.25, -0.2) is 13.2 Å². The van der Waals surface area contributed by atoms with E-state index in [-0.39, 0.29) is 11.3 Å². The van der Waals surface area contributed by atoms with Crippen molar-refractivity contribution in [2.75, 3.05) is 0 Å². The van der Waals surface area contributed by atoms with E-state index in [2.05, 4.69) is 4.74 Å². The third-order valence-electron chi connectivity index (χ3n) is 2.56. The second-order valence-corrected chi connectivity index (χ2v) is 3.98. The third-order valence-corrected chi connectivity index (χ3v) is 2.56. The minimum atomic E-state index is -3.10. The molecule has 2 aromatic rings. The summed E-state index contributed by atoms with van der Waals surface area (Å²) in [6.45, 7) is -3.10. The fourth-order valence-electron chi connectivity index (χ4n) is 1.72. The summed E-state index contributed by atoms with van der Waals surface area (Å²) in [5.41, 5.74) is -1.23. The summed E-state index contributed by atoms with van der Waals surface area (Å²) in [6.07, 6.45) is 0. The molecule has 2 rings (SSSR count). The lowest BCUT2D eigenvalue weighted by Crippen LogP contribution is -2.09. The molecule has 0 aliphatic carbocycles. The van der Waals surface area contributed by atoms with Gasteiger partial charge in [0.05, 0.1) is 5.56 Å². The van der Waals surface area contributed by atoms with Crippen LogP contribution >= 0.6 is 0 Å². The number of carbonyl (C=O) groups is 1. The van der Waals surface area contributed by atoms with E-state index in [9.17, 15) is 26.7 Å². The van der Waals surface area contributed by atoms with E-state index in [0.29, 0.717) is 12.1 Å². The number of ether oxygens (including phenoxy) is 1. The van der Waals surface area contributed by atoms with Crippen molar-refractivity contribution in [3.8, 4) is 5.75 Å². The van der Waals surface area contributed by atoms with Crippen molar-refractivity contribution >= 4 is 5.78 Å². The third kappa shape index (κ3) is 3.36. The Bertz CT molecular complexity index is 662. The lowest BCUT2D eigenvalue weighted by Gasteiger charge is -2.08. The molecular formula is C14H7F5O2. The zero-order chi connectivity index (χ0) is 15.6. The Morgan fingerprint density at radius 1 is 1.00 bits per heavy atom. The second-order valence-electron chi connectivity index (χ2n) is 3.98. The number of ketones is 1. The van der Waals surface area contributed by atoms with Crippen molar-refractivity contribution in [2.45, 2.75) is 6.61 Å². The largest absolute Gasteiger partial charge is 0.435 e. The molecule has 0 saturated heterocycles. The fourth-order valence-corrected chi connectivity index (χ4v) is 1.72. The lowest BCUT2D eigenvalue weighted by molar-refractivity contribution is -0.0498. The van der Waals surface area contributed by atoms with Gasteiger partial charge in [0.1, 0.15) is 23.2 Å². The molecule has 0 saturated carbocycles. The molecule has 0 bridgehead atoms. The monoisotopic (exact) mass is 302 g/mol. The van der Waals surface area contributed by atoms with Gasteiger partial charge < -0.3 is 4.74 Å². The van der Waals surface area contributed by atoms with Gasteiger partial charge in [0.2, 0.25) is 0 Å². The van der Waals surface area contributed by atoms with E-state index in [1.54, 1.807) is 0 Å². The highest BCUT2D eigenvalue weighted by Crippen LogP contribution is 2.22. The number of halogens is 5. The topological polar surface area (TPSA) is 26.3 Å². The molecule has 0 aromatic heterocycles. The summed E-state index contributed by atoms with van der Waals surface area (Å²) >= 11 is 0. The maximum Gasteiger partial charge on any atom is 0.387 e. The van der Waals surface area contributed by atoms with Gasteiger partial charge in [-0.2, -0.15) is 8.78 Å². The highest BCUT2D eigenvalue weighted by Gasteiger charge is 2.21. The maximum absolute atomic E-state index is 13.5. The molecule has 0 radical (unpaired) electrons. The normalized spacial score (nSPS) is 10.8. The number of rotatable bonds is 4. The van der Waals surface area contributed by atoms with Crippen molar-refractivity contribution in [2.24, 2.45) is 0 Å². The van der Waals surface area contributed by atoms with E-state index in [1.165, 1.54) is 12.1 Å². The smallest absolute Gasteiger partial charge is 0.387 e. The summed E-state index contributed by atoms with van der Waals surface area (Å²) in [5, 5.41) is 0. The van der Waals surface area contributed by atoms with Gasteiger partial charge in [-0.15, -0.1) is 0 Å². The van der Waals surface area contributed by atoms with Crippen molar-refractivity contribution in [1.82, 2.24) is 0 Å². The van der Waals surface area contributed by atoms with Crippen LogP contribution in [-0.2, 0) is 0 Å². The summed E-state index contributed by atoms with van der Waals surface area (Å²) in [7, 11) is 0. The van der Waals surface area contributed by atoms with Crippen molar-refractivity contribution in [3.05, 3.63) is 65.0 Å². The summed E-state index contributed by atoms with van der Waals surface area (Å²) in [6, 6.07) is 5.16. The molecule has 0 unspecified atom stereocenters. The molecule has 0 N–H and O–H groups in total. The van der Waals surface area contributed by atoms with Crippen LogP contribution in [0.3, 0.4) is 0 Å². The first-order chi connectivity index (χ1) is 9.88. The van der Waals surface area contributed by atoms with Crippen molar-refractivity contribution < 1.29 is 31.5 Å². The Kier molecular flexibility index (Phi) is 4.21. The first-order valence-electron chi connectivity index (χ1n) is 5.62. The molecule has 0 amide bonds. The molecule has 21 heavy (non-hydrogen) atoms. The Hall–Kier alpha value is -2.44. The molecular weight excluding hydrogens is 295 g/mol. The summed E-state index contributed by atoms with van der Waals surface area (Å²) < 4.78 is 68.0. The Morgan fingerprint density at radius 3 is 2.19 bits per heavy atom. The minimum Gasteiger partial charge on any atom is -0.435 e. The van der Waals surface area contributed by atoms with E-state index in [4.69, 9.17) is 0 Å². The molecule has 7 heteroatoms. The van der Waals surface area contributed by atoms with Gasteiger partial charge in [0.25, 0.3) is 0 Å². The predicted molar refractivity (Wildman–Crippen MR) is 62.8 cm³/mol. The van der Waals surface area contributed by atoms with E-state index >= 15 is 0 Å². The van der Waals surface area contributed by atoms with Gasteiger partial charge in [-0.05, 0) is 12.1 Å². The summed E-state index contributed by atoms with van der Waals surface area (Å²) in [4.78, 5) is 12.0. The van der Waals surface area contributed by atoms with Gasteiger partial charge in [-0.3, -0.25) is 4.79 Å². The van der Waals surface area contributed by atoms with Crippen LogP contribution in [0.5, 0.6) is 5.75 Å². The second kappa shape index (κ2) is 5.90. The summed E-state index contributed by atoms with van der Waals surface area (Å²) in [5.74, 6) is -5.37. The van der Waals surface area contributed by atoms with Crippen LogP contribution in [0.15, 0.2) is 36.4 Å². The van der Waals surface area contributed by atoms with Gasteiger partial charge in [0.15, 0.2) is 5.78 Å². The highest BCUT2D eigenvalue weighted by molar-refractivity contribution is 6.09. The number of hydrogen-bond donors (Lipinski definition) is 0. The minimum absolute atomic E-state index is 0.266. The number of hydrogen-bond acceptors (Lipinski definition) is 2. The molecule has 0 atom stereocenters. The predicted octanol–water partition coefficient (Wildman–Crippen LogP) is 3.94. The molecule has 0 heterocycles. The van der Waals surface area contributed by atoms with Crippen LogP contribution in [0, 0.1) is 17.5 Å². The molecule has 110 valence electrons. The van der Waals surface area contributed by atoms with Gasteiger partial charge in [0, 0.05) is 17.7 Å². The standard InChI is InChI=1S/C14H7F5O2/c15-8-5-10(16)12(11(17)6-8)13(20)7-2-1-3-9(4-7)21-14(18)19/h1-6,14H. The Balaban J connectivity index is 2.41. The molecule has 0 aliphatic rings. The van der Waals surface area contributed by atoms with Crippen molar-refractivity contribution in [3.63, 3.8) is 0 Å². The van der Waals surface area contributed by atoms with Gasteiger partial charge in [-0.1, -0.05) is 12.1 Å². The Labute approximate surface area is 115 Å². The number of carbonyl (C=O) groups excluding carboxylic acids is 1.